The molecule has 2 N–H and O–H groups in total. The topological polar surface area (TPSA) is 74.9 Å². The van der Waals surface area contributed by atoms with Crippen LogP contribution in [-0.4, -0.2) is 72.3 Å². The van der Waals surface area contributed by atoms with Gasteiger partial charge in [0.1, 0.15) is 11.4 Å². The molecule has 0 aliphatic carbocycles. The lowest BCUT2D eigenvalue weighted by atomic mass is 9.96. The van der Waals surface area contributed by atoms with Crippen LogP contribution in [0.3, 0.4) is 0 Å². The molecule has 150 valence electrons. The molecule has 0 unspecified atom stereocenters. The van der Waals surface area contributed by atoms with Crippen molar-refractivity contribution < 1.29 is 9.53 Å². The van der Waals surface area contributed by atoms with E-state index >= 15 is 0 Å². The van der Waals surface area contributed by atoms with E-state index in [0.29, 0.717) is 11.7 Å². The molecule has 2 aliphatic rings. The number of nitrogens with zero attached hydrogens (tertiary/aromatic N) is 4. The summed E-state index contributed by atoms with van der Waals surface area (Å²) in [7, 11) is 0. The van der Waals surface area contributed by atoms with Crippen molar-refractivity contribution in [2.75, 3.05) is 56.4 Å². The number of piperazine rings is 1. The normalized spacial score (nSPS) is 20.0. The largest absolute Gasteiger partial charge is 0.444 e. The average Bonchev–Trinajstić information content (AvgIpc) is 2.62. The quantitative estimate of drug-likeness (QED) is 0.875. The molecule has 0 saturated carbocycles. The zero-order chi connectivity index (χ0) is 19.4. The summed E-state index contributed by atoms with van der Waals surface area (Å²) in [6.45, 7) is 12.6. The molecule has 1 amide bonds. The van der Waals surface area contributed by atoms with Gasteiger partial charge in [-0.3, -0.25) is 4.90 Å². The monoisotopic (exact) mass is 375 g/mol. The molecule has 2 aliphatic heterocycles. The molecular formula is C20H33N5O2. The maximum Gasteiger partial charge on any atom is 0.410 e. The highest BCUT2D eigenvalue weighted by atomic mass is 16.6. The fourth-order valence-electron chi connectivity index (χ4n) is 3.76. The molecule has 3 heterocycles. The van der Waals surface area contributed by atoms with Crippen LogP contribution in [0.4, 0.5) is 16.3 Å². The van der Waals surface area contributed by atoms with E-state index in [0.717, 1.165) is 64.3 Å². The Labute approximate surface area is 162 Å². The third kappa shape index (κ3) is 5.73. The van der Waals surface area contributed by atoms with Crippen LogP contribution < -0.4 is 10.6 Å². The Bertz CT molecular complexity index is 612. The van der Waals surface area contributed by atoms with Gasteiger partial charge in [-0.1, -0.05) is 0 Å². The van der Waals surface area contributed by atoms with Crippen molar-refractivity contribution in [3.8, 4) is 0 Å². The molecule has 2 saturated heterocycles. The standard InChI is InChI=1S/C20H33N5O2/c1-20(2,3)27-19(26)25-8-6-16(7-9-25)15-23-10-12-24(13-11-23)17-4-5-18(21)22-14-17/h4-5,14,16H,6-13,15H2,1-3H3,(H2,21,22). The summed E-state index contributed by atoms with van der Waals surface area (Å²) in [6, 6.07) is 3.91. The number of hydrogen-bond acceptors (Lipinski definition) is 6. The lowest BCUT2D eigenvalue weighted by molar-refractivity contribution is 0.0169. The number of likely N-dealkylation sites (tertiary alicyclic amines) is 1. The highest BCUT2D eigenvalue weighted by molar-refractivity contribution is 5.68. The Hall–Kier alpha value is -2.02. The molecule has 0 aromatic carbocycles. The van der Waals surface area contributed by atoms with Crippen LogP contribution in [-0.2, 0) is 4.74 Å². The second-order valence-corrected chi connectivity index (χ2v) is 8.64. The van der Waals surface area contributed by atoms with Crippen molar-refractivity contribution in [3.63, 3.8) is 0 Å². The Morgan fingerprint density at radius 3 is 2.37 bits per heavy atom. The number of pyridine rings is 1. The number of nitrogen functional groups attached to an aromatic ring is 1. The summed E-state index contributed by atoms with van der Waals surface area (Å²) in [6.07, 6.45) is 3.80. The maximum atomic E-state index is 12.2. The SMILES string of the molecule is CC(C)(C)OC(=O)N1CCC(CN2CCN(c3ccc(N)nc3)CC2)CC1. The Kier molecular flexibility index (Phi) is 6.09. The fraction of sp³-hybridized carbons (Fsp3) is 0.700. The minimum absolute atomic E-state index is 0.174. The third-order valence-corrected chi connectivity index (χ3v) is 5.29. The molecule has 0 bridgehead atoms. The Morgan fingerprint density at radius 1 is 1.15 bits per heavy atom. The van der Waals surface area contributed by atoms with Gasteiger partial charge in [-0.15, -0.1) is 0 Å². The number of ether oxygens (including phenoxy) is 1. The summed E-state index contributed by atoms with van der Waals surface area (Å²) in [5.41, 5.74) is 6.40. The molecule has 1 aromatic heterocycles. The van der Waals surface area contributed by atoms with E-state index in [9.17, 15) is 4.79 Å². The minimum atomic E-state index is -0.423. The van der Waals surface area contributed by atoms with E-state index in [1.54, 1.807) is 0 Å². The summed E-state index contributed by atoms with van der Waals surface area (Å²) < 4.78 is 5.48. The van der Waals surface area contributed by atoms with E-state index in [2.05, 4.69) is 14.8 Å². The summed E-state index contributed by atoms with van der Waals surface area (Å²) in [5, 5.41) is 0. The molecule has 2 fully saturated rings. The summed E-state index contributed by atoms with van der Waals surface area (Å²) in [5.74, 6) is 1.23. The van der Waals surface area contributed by atoms with Crippen molar-refractivity contribution in [1.29, 1.82) is 0 Å². The van der Waals surface area contributed by atoms with Gasteiger partial charge in [0.15, 0.2) is 0 Å². The molecule has 0 atom stereocenters. The smallest absolute Gasteiger partial charge is 0.410 e. The van der Waals surface area contributed by atoms with Crippen LogP contribution in [0.2, 0.25) is 0 Å². The van der Waals surface area contributed by atoms with Gasteiger partial charge in [0.25, 0.3) is 0 Å². The predicted molar refractivity (Wildman–Crippen MR) is 108 cm³/mol. The fourth-order valence-corrected chi connectivity index (χ4v) is 3.76. The van der Waals surface area contributed by atoms with E-state index in [1.807, 2.05) is 44.0 Å². The number of anilines is 2. The number of amides is 1. The first-order chi connectivity index (χ1) is 12.8. The first-order valence-corrected chi connectivity index (χ1v) is 9.97. The van der Waals surface area contributed by atoms with Crippen molar-refractivity contribution >= 4 is 17.6 Å². The molecule has 7 heteroatoms. The van der Waals surface area contributed by atoms with Gasteiger partial charge in [-0.2, -0.15) is 0 Å². The van der Waals surface area contributed by atoms with Crippen LogP contribution in [0, 0.1) is 5.92 Å². The molecule has 0 radical (unpaired) electrons. The number of nitrogens with two attached hydrogens (primary N) is 1. The number of aromatic nitrogens is 1. The predicted octanol–water partition coefficient (Wildman–Crippen LogP) is 2.43. The number of carbonyl (C=O) groups excluding carboxylic acids is 1. The Morgan fingerprint density at radius 2 is 1.81 bits per heavy atom. The summed E-state index contributed by atoms with van der Waals surface area (Å²) in [4.78, 5) is 23.1. The first kappa shape index (κ1) is 19.7. The van der Waals surface area contributed by atoms with Crippen LogP contribution in [0.5, 0.6) is 0 Å². The number of piperidine rings is 1. The third-order valence-electron chi connectivity index (χ3n) is 5.29. The zero-order valence-corrected chi connectivity index (χ0v) is 16.9. The van der Waals surface area contributed by atoms with Gasteiger partial charge in [0.05, 0.1) is 11.9 Å². The first-order valence-electron chi connectivity index (χ1n) is 9.97. The molecular weight excluding hydrogens is 342 g/mol. The highest BCUT2D eigenvalue weighted by Gasteiger charge is 2.28. The van der Waals surface area contributed by atoms with Crippen molar-refractivity contribution in [3.05, 3.63) is 18.3 Å². The molecule has 0 spiro atoms. The van der Waals surface area contributed by atoms with E-state index in [-0.39, 0.29) is 6.09 Å². The lowest BCUT2D eigenvalue weighted by Crippen LogP contribution is -2.49. The van der Waals surface area contributed by atoms with E-state index in [1.165, 1.54) is 0 Å². The van der Waals surface area contributed by atoms with Gasteiger partial charge >= 0.3 is 6.09 Å². The molecule has 3 rings (SSSR count). The average molecular weight is 376 g/mol. The van der Waals surface area contributed by atoms with Gasteiger partial charge < -0.3 is 20.3 Å². The molecule has 7 nitrogen and oxygen atoms in total. The van der Waals surface area contributed by atoms with Gasteiger partial charge in [0, 0.05) is 45.8 Å². The summed E-state index contributed by atoms with van der Waals surface area (Å²) >= 11 is 0. The van der Waals surface area contributed by atoms with Crippen molar-refractivity contribution in [2.45, 2.75) is 39.2 Å². The molecule has 1 aromatic rings. The van der Waals surface area contributed by atoms with Gasteiger partial charge in [-0.25, -0.2) is 9.78 Å². The second-order valence-electron chi connectivity index (χ2n) is 8.64. The molecule has 27 heavy (non-hydrogen) atoms. The van der Waals surface area contributed by atoms with Crippen LogP contribution in [0.15, 0.2) is 18.3 Å². The second kappa shape index (κ2) is 8.33. The maximum absolute atomic E-state index is 12.2. The van der Waals surface area contributed by atoms with Crippen LogP contribution >= 0.6 is 0 Å². The number of rotatable bonds is 3. The van der Waals surface area contributed by atoms with E-state index in [4.69, 9.17) is 10.5 Å². The van der Waals surface area contributed by atoms with E-state index < -0.39 is 5.60 Å². The number of carbonyl (C=O) groups is 1. The van der Waals surface area contributed by atoms with Gasteiger partial charge in [0.2, 0.25) is 0 Å². The van der Waals surface area contributed by atoms with Crippen molar-refractivity contribution in [2.24, 2.45) is 5.92 Å². The van der Waals surface area contributed by atoms with Crippen molar-refractivity contribution in [1.82, 2.24) is 14.8 Å². The Balaban J connectivity index is 1.39. The zero-order valence-electron chi connectivity index (χ0n) is 16.9. The highest BCUT2D eigenvalue weighted by Crippen LogP contribution is 2.22. The van der Waals surface area contributed by atoms with Crippen LogP contribution in [0.1, 0.15) is 33.6 Å². The number of hydrogen-bond donors (Lipinski definition) is 1. The lowest BCUT2D eigenvalue weighted by Gasteiger charge is -2.39. The minimum Gasteiger partial charge on any atom is -0.444 e. The van der Waals surface area contributed by atoms with Crippen LogP contribution in [0.25, 0.3) is 0 Å². The van der Waals surface area contributed by atoms with Gasteiger partial charge in [-0.05, 0) is 51.7 Å².